The monoisotopic (exact) mass is 249 g/mol. The summed E-state index contributed by atoms with van der Waals surface area (Å²) in [7, 11) is 3.73. The Bertz CT molecular complexity index is 399. The summed E-state index contributed by atoms with van der Waals surface area (Å²) in [5.74, 6) is 0.874. The summed E-state index contributed by atoms with van der Waals surface area (Å²) in [6.45, 7) is 5.11. The molecule has 1 aromatic heterocycles. The number of nitrogens with zero attached hydrogens (tertiary/aromatic N) is 2. The first kappa shape index (κ1) is 13.4. The predicted octanol–water partition coefficient (Wildman–Crippen LogP) is 1.88. The number of ether oxygens (including phenoxy) is 1. The van der Waals surface area contributed by atoms with Gasteiger partial charge in [0.25, 0.3) is 0 Å². The normalized spacial score (nSPS) is 17.6. The quantitative estimate of drug-likeness (QED) is 0.865. The molecule has 0 aromatic carbocycles. The van der Waals surface area contributed by atoms with Crippen LogP contribution in [0.5, 0.6) is 0 Å². The molecule has 0 spiro atoms. The van der Waals surface area contributed by atoms with Crippen LogP contribution in [0, 0.1) is 13.8 Å². The summed E-state index contributed by atoms with van der Waals surface area (Å²) in [6.07, 6.45) is 4.27. The van der Waals surface area contributed by atoms with E-state index >= 15 is 0 Å². The van der Waals surface area contributed by atoms with Gasteiger partial charge in [-0.15, -0.1) is 0 Å². The third-order valence-electron chi connectivity index (χ3n) is 4.01. The van der Waals surface area contributed by atoms with E-state index in [4.69, 9.17) is 4.74 Å². The predicted molar refractivity (Wildman–Crippen MR) is 71.7 cm³/mol. The molecule has 1 N–H and O–H groups in total. The lowest BCUT2D eigenvalue weighted by molar-refractivity contribution is -0.0848. The van der Waals surface area contributed by atoms with Crippen molar-refractivity contribution in [2.45, 2.75) is 45.1 Å². The molecule has 0 amide bonds. The van der Waals surface area contributed by atoms with Gasteiger partial charge in [0.2, 0.25) is 0 Å². The highest BCUT2D eigenvalue weighted by molar-refractivity contribution is 5.26. The number of aryl methyl sites for hydroxylation is 2. The van der Waals surface area contributed by atoms with Crippen molar-refractivity contribution in [3.05, 3.63) is 22.8 Å². The van der Waals surface area contributed by atoms with E-state index in [-0.39, 0.29) is 5.60 Å². The van der Waals surface area contributed by atoms with Crippen LogP contribution < -0.4 is 5.32 Å². The fourth-order valence-corrected chi connectivity index (χ4v) is 2.57. The summed E-state index contributed by atoms with van der Waals surface area (Å²) in [5, 5.41) is 3.17. The fourth-order valence-electron chi connectivity index (χ4n) is 2.57. The second-order valence-corrected chi connectivity index (χ2v) is 5.10. The van der Waals surface area contributed by atoms with Gasteiger partial charge in [0.05, 0.1) is 0 Å². The summed E-state index contributed by atoms with van der Waals surface area (Å²) >= 11 is 0. The van der Waals surface area contributed by atoms with Crippen molar-refractivity contribution in [3.63, 3.8) is 0 Å². The van der Waals surface area contributed by atoms with Crippen LogP contribution in [0.25, 0.3) is 0 Å². The van der Waals surface area contributed by atoms with Gasteiger partial charge in [-0.3, -0.25) is 0 Å². The molecular weight excluding hydrogens is 226 g/mol. The van der Waals surface area contributed by atoms with Crippen LogP contribution in [0.15, 0.2) is 0 Å². The number of likely N-dealkylation sites (N-methyl/N-ethyl adjacent to an activating group) is 1. The zero-order valence-corrected chi connectivity index (χ0v) is 11.8. The van der Waals surface area contributed by atoms with Crippen LogP contribution in [0.1, 0.15) is 42.0 Å². The zero-order chi connectivity index (χ0) is 13.2. The van der Waals surface area contributed by atoms with E-state index in [1.807, 2.05) is 7.05 Å². The highest BCUT2D eigenvalue weighted by Crippen LogP contribution is 2.42. The van der Waals surface area contributed by atoms with Gasteiger partial charge in [0.15, 0.2) is 5.82 Å². The largest absolute Gasteiger partial charge is 0.370 e. The van der Waals surface area contributed by atoms with Gasteiger partial charge in [0.1, 0.15) is 5.60 Å². The Balaban J connectivity index is 2.30. The topological polar surface area (TPSA) is 47.0 Å². The van der Waals surface area contributed by atoms with Crippen molar-refractivity contribution >= 4 is 0 Å². The minimum Gasteiger partial charge on any atom is -0.370 e. The van der Waals surface area contributed by atoms with Crippen LogP contribution >= 0.6 is 0 Å². The summed E-state index contributed by atoms with van der Waals surface area (Å²) in [4.78, 5) is 9.38. The number of hydrogen-bond donors (Lipinski definition) is 1. The Labute approximate surface area is 109 Å². The lowest BCUT2D eigenvalue weighted by Crippen LogP contribution is -2.38. The second kappa shape index (κ2) is 5.33. The highest BCUT2D eigenvalue weighted by Gasteiger charge is 2.42. The Morgan fingerprint density at radius 2 is 1.83 bits per heavy atom. The van der Waals surface area contributed by atoms with E-state index < -0.39 is 0 Å². The Morgan fingerprint density at radius 1 is 1.22 bits per heavy atom. The molecule has 0 aliphatic heterocycles. The van der Waals surface area contributed by atoms with Crippen LogP contribution in [-0.2, 0) is 16.8 Å². The van der Waals surface area contributed by atoms with Gasteiger partial charge >= 0.3 is 0 Å². The molecule has 0 radical (unpaired) electrons. The highest BCUT2D eigenvalue weighted by atomic mass is 16.5. The van der Waals surface area contributed by atoms with E-state index in [2.05, 4.69) is 29.1 Å². The van der Waals surface area contributed by atoms with E-state index in [0.29, 0.717) is 0 Å². The van der Waals surface area contributed by atoms with Crippen molar-refractivity contribution in [2.24, 2.45) is 0 Å². The Morgan fingerprint density at radius 3 is 2.22 bits per heavy atom. The van der Waals surface area contributed by atoms with Crippen LogP contribution in [0.2, 0.25) is 0 Å². The van der Waals surface area contributed by atoms with Gasteiger partial charge in [-0.2, -0.15) is 0 Å². The summed E-state index contributed by atoms with van der Waals surface area (Å²) in [6, 6.07) is 0. The lowest BCUT2D eigenvalue weighted by Gasteiger charge is -2.39. The molecule has 1 aromatic rings. The zero-order valence-electron chi connectivity index (χ0n) is 11.8. The van der Waals surface area contributed by atoms with E-state index in [9.17, 15) is 0 Å². The van der Waals surface area contributed by atoms with Crippen LogP contribution in [-0.4, -0.2) is 30.7 Å². The van der Waals surface area contributed by atoms with Crippen molar-refractivity contribution in [2.75, 3.05) is 20.7 Å². The number of aromatic nitrogens is 2. The van der Waals surface area contributed by atoms with Gasteiger partial charge in [-0.1, -0.05) is 0 Å². The van der Waals surface area contributed by atoms with Crippen LogP contribution in [0.3, 0.4) is 0 Å². The molecule has 1 aliphatic rings. The van der Waals surface area contributed by atoms with Crippen molar-refractivity contribution in [3.8, 4) is 0 Å². The summed E-state index contributed by atoms with van der Waals surface area (Å²) < 4.78 is 5.65. The number of hydrogen-bond acceptors (Lipinski definition) is 4. The molecule has 18 heavy (non-hydrogen) atoms. The maximum atomic E-state index is 5.65. The first-order valence-corrected chi connectivity index (χ1v) is 6.67. The average Bonchev–Trinajstić information content (AvgIpc) is 2.27. The Kier molecular flexibility index (Phi) is 3.97. The number of nitrogens with one attached hydrogen (secondary N) is 1. The lowest BCUT2D eigenvalue weighted by atomic mass is 9.79. The molecule has 1 aliphatic carbocycles. The minimum atomic E-state index is -0.211. The smallest absolute Gasteiger partial charge is 0.160 e. The maximum absolute atomic E-state index is 5.65. The van der Waals surface area contributed by atoms with Gasteiger partial charge < -0.3 is 10.1 Å². The summed E-state index contributed by atoms with van der Waals surface area (Å²) in [5.41, 5.74) is 3.24. The molecule has 1 heterocycles. The molecule has 0 unspecified atom stereocenters. The number of rotatable bonds is 5. The third-order valence-corrected chi connectivity index (χ3v) is 4.01. The molecule has 2 rings (SSSR count). The molecule has 1 fully saturated rings. The molecular formula is C14H23N3O. The maximum Gasteiger partial charge on any atom is 0.160 e. The standard InChI is InChI=1S/C14H23N3O/c1-10-12(6-9-15-3)11(2)17-13(16-10)14(18-4)7-5-8-14/h15H,5-9H2,1-4H3. The van der Waals surface area contributed by atoms with Gasteiger partial charge in [0, 0.05) is 18.5 Å². The molecule has 100 valence electrons. The molecule has 4 heteroatoms. The van der Waals surface area contributed by atoms with Gasteiger partial charge in [-0.05, 0) is 58.7 Å². The van der Waals surface area contributed by atoms with Crippen molar-refractivity contribution in [1.82, 2.24) is 15.3 Å². The Hall–Kier alpha value is -1.00. The van der Waals surface area contributed by atoms with E-state index in [1.165, 1.54) is 12.0 Å². The van der Waals surface area contributed by atoms with Gasteiger partial charge in [-0.25, -0.2) is 9.97 Å². The molecule has 4 nitrogen and oxygen atoms in total. The first-order valence-electron chi connectivity index (χ1n) is 6.67. The number of methoxy groups -OCH3 is 1. The van der Waals surface area contributed by atoms with Crippen LogP contribution in [0.4, 0.5) is 0 Å². The second-order valence-electron chi connectivity index (χ2n) is 5.10. The molecule has 0 bridgehead atoms. The van der Waals surface area contributed by atoms with Crippen molar-refractivity contribution < 1.29 is 4.74 Å². The molecule has 1 saturated carbocycles. The molecule has 0 atom stereocenters. The van der Waals surface area contributed by atoms with E-state index in [1.54, 1.807) is 7.11 Å². The average molecular weight is 249 g/mol. The van der Waals surface area contributed by atoms with Crippen molar-refractivity contribution in [1.29, 1.82) is 0 Å². The molecule has 0 saturated heterocycles. The van der Waals surface area contributed by atoms with E-state index in [0.717, 1.165) is 43.0 Å². The minimum absolute atomic E-state index is 0.211. The fraction of sp³-hybridized carbons (Fsp3) is 0.714. The third kappa shape index (κ3) is 2.27. The SMILES string of the molecule is CNCCc1c(C)nc(C2(OC)CCC2)nc1C. The first-order chi connectivity index (χ1) is 8.63.